The van der Waals surface area contributed by atoms with E-state index in [9.17, 15) is 4.79 Å². The second-order valence-corrected chi connectivity index (χ2v) is 11.3. The Labute approximate surface area is 260 Å². The van der Waals surface area contributed by atoms with Gasteiger partial charge in [0.05, 0.1) is 10.6 Å². The first-order valence-corrected chi connectivity index (χ1v) is 14.6. The van der Waals surface area contributed by atoms with Crippen LogP contribution in [-0.2, 0) is 26.2 Å². The summed E-state index contributed by atoms with van der Waals surface area (Å²) in [5.41, 5.74) is 6.13. The maximum atomic E-state index is 13.3. The van der Waals surface area contributed by atoms with Crippen LogP contribution in [0.2, 0.25) is 5.02 Å². The van der Waals surface area contributed by atoms with Crippen LogP contribution in [0.5, 0.6) is 11.5 Å². The zero-order valence-electron chi connectivity index (χ0n) is 24.6. The van der Waals surface area contributed by atoms with Crippen molar-refractivity contribution < 1.29 is 28.5 Å². The molecule has 1 aliphatic carbocycles. The standard InChI is InChI=1S/C36H30ClNO6/c1-38(24-9-12-26(13-10-24)42-20-40-2)25-11-14-27-22(16-25)8-15-31-29(27)17-23-18-34(43-21-41-3)33(37)19-32(23)36(31)30-7-5-4-6-28(30)35(39)44-36/h4-16,18-19H,17,20-21H2,1-3H3. The highest BCUT2D eigenvalue weighted by molar-refractivity contribution is 6.32. The summed E-state index contributed by atoms with van der Waals surface area (Å²) in [4.78, 5) is 15.5. The number of methoxy groups -OCH3 is 2. The van der Waals surface area contributed by atoms with Crippen molar-refractivity contribution in [3.05, 3.63) is 129 Å². The van der Waals surface area contributed by atoms with Gasteiger partial charge in [0.2, 0.25) is 0 Å². The van der Waals surface area contributed by atoms with Gasteiger partial charge in [0.15, 0.2) is 19.2 Å². The van der Waals surface area contributed by atoms with E-state index in [0.717, 1.165) is 55.7 Å². The molecule has 1 unspecified atom stereocenters. The second kappa shape index (κ2) is 11.2. The quantitative estimate of drug-likeness (QED) is 0.133. The molecule has 0 saturated heterocycles. The lowest BCUT2D eigenvalue weighted by Gasteiger charge is -2.38. The molecule has 5 aromatic carbocycles. The van der Waals surface area contributed by atoms with Crippen molar-refractivity contribution in [2.45, 2.75) is 12.0 Å². The van der Waals surface area contributed by atoms with Gasteiger partial charge in [0.1, 0.15) is 11.5 Å². The number of hydrogen-bond donors (Lipinski definition) is 0. The Hall–Kier alpha value is -4.56. The molecule has 8 heteroatoms. The summed E-state index contributed by atoms with van der Waals surface area (Å²) in [5, 5.41) is 2.59. The molecule has 0 radical (unpaired) electrons. The minimum Gasteiger partial charge on any atom is -0.468 e. The minimum atomic E-state index is -1.13. The lowest BCUT2D eigenvalue weighted by atomic mass is 9.70. The average Bonchev–Trinajstić information content (AvgIpc) is 3.35. The SMILES string of the molecule is COCOc1ccc(N(C)c2ccc3c4c(ccc3c2)C2(OC(=O)c3ccccc32)c2cc(Cl)c(OCOC)cc2C4)cc1. The molecule has 0 bridgehead atoms. The van der Waals surface area contributed by atoms with Gasteiger partial charge < -0.3 is 28.6 Å². The Kier molecular flexibility index (Phi) is 7.17. The third-order valence-electron chi connectivity index (χ3n) is 8.46. The number of hydrogen-bond acceptors (Lipinski definition) is 7. The van der Waals surface area contributed by atoms with Gasteiger partial charge in [-0.1, -0.05) is 48.0 Å². The number of fused-ring (bicyclic) bond motifs is 8. The number of rotatable bonds is 8. The van der Waals surface area contributed by atoms with E-state index in [1.165, 1.54) is 0 Å². The lowest BCUT2D eigenvalue weighted by molar-refractivity contribution is 0.0240. The molecule has 0 fully saturated rings. The number of anilines is 2. The molecular formula is C36H30ClNO6. The van der Waals surface area contributed by atoms with Crippen LogP contribution < -0.4 is 14.4 Å². The number of ether oxygens (including phenoxy) is 5. The fourth-order valence-corrected chi connectivity index (χ4v) is 6.63. The predicted octanol–water partition coefficient (Wildman–Crippen LogP) is 7.59. The maximum absolute atomic E-state index is 13.3. The van der Waals surface area contributed by atoms with Gasteiger partial charge in [-0.25, -0.2) is 4.79 Å². The Morgan fingerprint density at radius 1 is 0.818 bits per heavy atom. The van der Waals surface area contributed by atoms with Crippen molar-refractivity contribution >= 4 is 39.7 Å². The highest BCUT2D eigenvalue weighted by Gasteiger charge is 2.52. The van der Waals surface area contributed by atoms with Gasteiger partial charge in [-0.15, -0.1) is 0 Å². The van der Waals surface area contributed by atoms with E-state index in [0.29, 0.717) is 22.8 Å². The first-order valence-electron chi connectivity index (χ1n) is 14.2. The zero-order chi connectivity index (χ0) is 30.4. The molecule has 7 nitrogen and oxygen atoms in total. The normalized spacial score (nSPS) is 16.3. The summed E-state index contributed by atoms with van der Waals surface area (Å²) >= 11 is 6.73. The molecule has 5 aromatic rings. The number of benzene rings is 5. The molecule has 0 N–H and O–H groups in total. The van der Waals surface area contributed by atoms with E-state index in [-0.39, 0.29) is 19.6 Å². The van der Waals surface area contributed by atoms with Gasteiger partial charge in [0, 0.05) is 49.3 Å². The largest absolute Gasteiger partial charge is 0.468 e. The highest BCUT2D eigenvalue weighted by atomic mass is 35.5. The van der Waals surface area contributed by atoms with E-state index in [4.69, 9.17) is 35.3 Å². The van der Waals surface area contributed by atoms with E-state index in [1.54, 1.807) is 14.2 Å². The number of halogens is 1. The summed E-state index contributed by atoms with van der Waals surface area (Å²) in [6.45, 7) is 0.273. The molecule has 0 saturated carbocycles. The molecule has 1 aliphatic heterocycles. The van der Waals surface area contributed by atoms with Crippen molar-refractivity contribution in [2.24, 2.45) is 0 Å². The Morgan fingerprint density at radius 2 is 1.57 bits per heavy atom. The summed E-state index contributed by atoms with van der Waals surface area (Å²) in [6.07, 6.45) is 0.613. The van der Waals surface area contributed by atoms with Crippen molar-refractivity contribution in [3.8, 4) is 11.5 Å². The van der Waals surface area contributed by atoms with Gasteiger partial charge in [-0.05, 0) is 82.9 Å². The topological polar surface area (TPSA) is 66.5 Å². The first kappa shape index (κ1) is 28.2. The van der Waals surface area contributed by atoms with Crippen LogP contribution in [0.1, 0.15) is 38.2 Å². The lowest BCUT2D eigenvalue weighted by Crippen LogP contribution is -2.35. The van der Waals surface area contributed by atoms with Crippen molar-refractivity contribution in [3.63, 3.8) is 0 Å². The zero-order valence-corrected chi connectivity index (χ0v) is 25.3. The molecular weight excluding hydrogens is 578 g/mol. The monoisotopic (exact) mass is 607 g/mol. The predicted molar refractivity (Wildman–Crippen MR) is 169 cm³/mol. The number of carbonyl (C=O) groups is 1. The van der Waals surface area contributed by atoms with Crippen LogP contribution in [0, 0.1) is 0 Å². The molecule has 1 heterocycles. The van der Waals surface area contributed by atoms with Crippen molar-refractivity contribution in [1.82, 2.24) is 0 Å². The van der Waals surface area contributed by atoms with Crippen molar-refractivity contribution in [1.29, 1.82) is 0 Å². The van der Waals surface area contributed by atoms with E-state index >= 15 is 0 Å². The van der Waals surface area contributed by atoms with E-state index in [1.807, 2.05) is 67.7 Å². The number of carbonyl (C=O) groups excluding carboxylic acids is 1. The van der Waals surface area contributed by atoms with E-state index in [2.05, 4.69) is 35.2 Å². The van der Waals surface area contributed by atoms with Gasteiger partial charge >= 0.3 is 5.97 Å². The molecule has 7 rings (SSSR count). The van der Waals surface area contributed by atoms with Crippen LogP contribution in [-0.4, -0.2) is 40.8 Å². The molecule has 222 valence electrons. The van der Waals surface area contributed by atoms with Crippen molar-refractivity contribution in [2.75, 3.05) is 39.8 Å². The van der Waals surface area contributed by atoms with Crippen LogP contribution >= 0.6 is 11.6 Å². The Balaban J connectivity index is 1.35. The van der Waals surface area contributed by atoms with Gasteiger partial charge in [0.25, 0.3) is 0 Å². The molecule has 0 amide bonds. The van der Waals surface area contributed by atoms with Crippen LogP contribution in [0.25, 0.3) is 10.8 Å². The van der Waals surface area contributed by atoms with Gasteiger partial charge in [-0.3, -0.25) is 0 Å². The third kappa shape index (κ3) is 4.47. The Bertz CT molecular complexity index is 1910. The third-order valence-corrected chi connectivity index (χ3v) is 8.75. The number of esters is 1. The molecule has 44 heavy (non-hydrogen) atoms. The average molecular weight is 608 g/mol. The maximum Gasteiger partial charge on any atom is 0.340 e. The van der Waals surface area contributed by atoms with Gasteiger partial charge in [-0.2, -0.15) is 0 Å². The Morgan fingerprint density at radius 3 is 2.36 bits per heavy atom. The molecule has 0 aromatic heterocycles. The van der Waals surface area contributed by atoms with Crippen LogP contribution in [0.3, 0.4) is 0 Å². The summed E-state index contributed by atoms with van der Waals surface area (Å²) in [7, 11) is 5.20. The number of nitrogens with zero attached hydrogens (tertiary/aromatic N) is 1. The smallest absolute Gasteiger partial charge is 0.340 e. The first-order chi connectivity index (χ1) is 21.4. The minimum absolute atomic E-state index is 0.0696. The summed E-state index contributed by atoms with van der Waals surface area (Å²) in [5.74, 6) is 0.909. The van der Waals surface area contributed by atoms with Crippen LogP contribution in [0.4, 0.5) is 11.4 Å². The second-order valence-electron chi connectivity index (χ2n) is 10.9. The highest BCUT2D eigenvalue weighted by Crippen LogP contribution is 2.54. The van der Waals surface area contributed by atoms with E-state index < -0.39 is 5.60 Å². The molecule has 1 spiro atoms. The summed E-state index contributed by atoms with van der Waals surface area (Å²) in [6, 6.07) is 29.9. The molecule has 1 atom stereocenters. The fraction of sp³-hybridized carbons (Fsp3) is 0.194. The summed E-state index contributed by atoms with van der Waals surface area (Å²) < 4.78 is 27.9. The van der Waals surface area contributed by atoms with Crippen LogP contribution in [0.15, 0.2) is 91.0 Å². The fourth-order valence-electron chi connectivity index (χ4n) is 6.41. The molecule has 2 aliphatic rings.